The van der Waals surface area contributed by atoms with E-state index in [9.17, 15) is 9.59 Å². The van der Waals surface area contributed by atoms with Crippen LogP contribution in [0.25, 0.3) is 0 Å². The van der Waals surface area contributed by atoms with E-state index < -0.39 is 0 Å². The molecule has 0 unspecified atom stereocenters. The Morgan fingerprint density at radius 2 is 1.71 bits per heavy atom. The Balaban J connectivity index is 1.58. The number of rotatable bonds is 5. The van der Waals surface area contributed by atoms with Crippen LogP contribution in [-0.4, -0.2) is 56.6 Å². The predicted octanol–water partition coefficient (Wildman–Crippen LogP) is 2.75. The summed E-state index contributed by atoms with van der Waals surface area (Å²) >= 11 is 0. The minimum Gasteiger partial charge on any atom is -0.466 e. The van der Waals surface area contributed by atoms with E-state index in [0.29, 0.717) is 17.0 Å². The Morgan fingerprint density at radius 3 is 2.29 bits per heavy atom. The van der Waals surface area contributed by atoms with Gasteiger partial charge in [-0.1, -0.05) is 0 Å². The Hall–Kier alpha value is -2.80. The topological polar surface area (TPSA) is 75.0 Å². The van der Waals surface area contributed by atoms with Crippen molar-refractivity contribution in [2.75, 3.05) is 50.1 Å². The summed E-state index contributed by atoms with van der Waals surface area (Å²) in [7, 11) is 1.62. The molecule has 1 N–H and O–H groups in total. The number of anilines is 2. The number of amides is 2. The molecule has 2 aromatic rings. The minimum absolute atomic E-state index is 0.0346. The number of hydrogen-bond acceptors (Lipinski definition) is 5. The van der Waals surface area contributed by atoms with Gasteiger partial charge in [0.05, 0.1) is 25.3 Å². The van der Waals surface area contributed by atoms with Crippen LogP contribution in [0, 0.1) is 20.8 Å². The lowest BCUT2D eigenvalue weighted by Crippen LogP contribution is -2.36. The van der Waals surface area contributed by atoms with Crippen LogP contribution in [-0.2, 0) is 9.53 Å². The van der Waals surface area contributed by atoms with Crippen molar-refractivity contribution in [2.24, 2.45) is 0 Å². The van der Waals surface area contributed by atoms with E-state index in [2.05, 4.69) is 10.2 Å². The molecular weight excluding hydrogens is 358 g/mol. The number of morpholine rings is 1. The van der Waals surface area contributed by atoms with Crippen LogP contribution in [0.1, 0.15) is 27.4 Å². The van der Waals surface area contributed by atoms with Crippen LogP contribution in [0.2, 0.25) is 0 Å². The summed E-state index contributed by atoms with van der Waals surface area (Å²) in [5, 5.41) is 2.84. The molecule has 28 heavy (non-hydrogen) atoms. The molecule has 1 aliphatic rings. The van der Waals surface area contributed by atoms with Crippen LogP contribution in [0.3, 0.4) is 0 Å². The number of carbonyl (C=O) groups is 2. The highest BCUT2D eigenvalue weighted by Crippen LogP contribution is 2.22. The third kappa shape index (κ3) is 4.36. The summed E-state index contributed by atoms with van der Waals surface area (Å²) in [6, 6.07) is 7.71. The molecule has 150 valence electrons. The van der Waals surface area contributed by atoms with E-state index in [0.717, 1.165) is 43.3 Å². The molecule has 1 saturated heterocycles. The van der Waals surface area contributed by atoms with Crippen LogP contribution >= 0.6 is 0 Å². The van der Waals surface area contributed by atoms with Crippen molar-refractivity contribution in [3.63, 3.8) is 0 Å². The quantitative estimate of drug-likeness (QED) is 0.857. The van der Waals surface area contributed by atoms with Crippen molar-refractivity contribution in [2.45, 2.75) is 20.8 Å². The second-order valence-electron chi connectivity index (χ2n) is 7.07. The molecule has 7 heteroatoms. The van der Waals surface area contributed by atoms with Crippen molar-refractivity contribution >= 4 is 23.2 Å². The van der Waals surface area contributed by atoms with Gasteiger partial charge in [0.25, 0.3) is 5.91 Å². The Kier molecular flexibility index (Phi) is 6.04. The second kappa shape index (κ2) is 8.48. The number of aryl methyl sites for hydroxylation is 2. The monoisotopic (exact) mass is 385 g/mol. The zero-order valence-electron chi connectivity index (χ0n) is 16.9. The standard InChI is InChI=1S/C21H27N3O4/c1-14-15(2)28-16(3)20(14)21(26)23(4)13-19(25)22-17-5-7-18(8-6-17)24-9-11-27-12-10-24/h5-8H,9-13H2,1-4H3,(H,22,25). The van der Waals surface area contributed by atoms with Gasteiger partial charge >= 0.3 is 0 Å². The highest BCUT2D eigenvalue weighted by atomic mass is 16.5. The van der Waals surface area contributed by atoms with E-state index in [1.165, 1.54) is 4.90 Å². The molecule has 1 aromatic heterocycles. The molecule has 3 rings (SSSR count). The normalized spacial score (nSPS) is 14.1. The number of benzene rings is 1. The van der Waals surface area contributed by atoms with E-state index in [1.54, 1.807) is 14.0 Å². The fourth-order valence-corrected chi connectivity index (χ4v) is 3.36. The van der Waals surface area contributed by atoms with Crippen LogP contribution in [0.5, 0.6) is 0 Å². The minimum atomic E-state index is -0.245. The zero-order chi connectivity index (χ0) is 20.3. The lowest BCUT2D eigenvalue weighted by atomic mass is 10.1. The smallest absolute Gasteiger partial charge is 0.257 e. The van der Waals surface area contributed by atoms with Crippen LogP contribution < -0.4 is 10.2 Å². The van der Waals surface area contributed by atoms with Gasteiger partial charge in [-0.2, -0.15) is 0 Å². The SMILES string of the molecule is Cc1oc(C)c(C(=O)N(C)CC(=O)Nc2ccc(N3CCOCC3)cc2)c1C. The molecule has 2 heterocycles. The first-order valence-corrected chi connectivity index (χ1v) is 9.41. The van der Waals surface area contributed by atoms with Crippen molar-refractivity contribution in [3.05, 3.63) is 46.9 Å². The zero-order valence-corrected chi connectivity index (χ0v) is 16.9. The van der Waals surface area contributed by atoms with E-state index in [1.807, 2.05) is 38.1 Å². The van der Waals surface area contributed by atoms with E-state index in [4.69, 9.17) is 9.15 Å². The van der Waals surface area contributed by atoms with Crippen LogP contribution in [0.4, 0.5) is 11.4 Å². The first-order chi connectivity index (χ1) is 13.4. The first-order valence-electron chi connectivity index (χ1n) is 9.41. The Bertz CT molecular complexity index is 851. The predicted molar refractivity (Wildman–Crippen MR) is 108 cm³/mol. The molecule has 0 radical (unpaired) electrons. The van der Waals surface area contributed by atoms with Crippen molar-refractivity contribution in [3.8, 4) is 0 Å². The third-order valence-electron chi connectivity index (χ3n) is 5.03. The molecular formula is C21H27N3O4. The maximum absolute atomic E-state index is 12.7. The number of ether oxygens (including phenoxy) is 1. The van der Waals surface area contributed by atoms with Gasteiger partial charge in [0.1, 0.15) is 11.5 Å². The molecule has 1 aromatic carbocycles. The lowest BCUT2D eigenvalue weighted by molar-refractivity contribution is -0.116. The van der Waals surface area contributed by atoms with Crippen molar-refractivity contribution in [1.82, 2.24) is 4.90 Å². The van der Waals surface area contributed by atoms with Gasteiger partial charge < -0.3 is 24.3 Å². The van der Waals surface area contributed by atoms with E-state index >= 15 is 0 Å². The second-order valence-corrected chi connectivity index (χ2v) is 7.07. The summed E-state index contributed by atoms with van der Waals surface area (Å²) in [6.07, 6.45) is 0. The highest BCUT2D eigenvalue weighted by molar-refractivity contribution is 6.00. The number of hydrogen-bond donors (Lipinski definition) is 1. The number of nitrogens with one attached hydrogen (secondary N) is 1. The third-order valence-corrected chi connectivity index (χ3v) is 5.03. The summed E-state index contributed by atoms with van der Waals surface area (Å²) < 4.78 is 10.9. The van der Waals surface area contributed by atoms with E-state index in [-0.39, 0.29) is 18.4 Å². The summed E-state index contributed by atoms with van der Waals surface area (Å²) in [5.41, 5.74) is 3.15. The van der Waals surface area contributed by atoms with Gasteiger partial charge in [0.15, 0.2) is 0 Å². The number of furan rings is 1. The highest BCUT2D eigenvalue weighted by Gasteiger charge is 2.23. The molecule has 1 fully saturated rings. The Labute approximate surface area is 165 Å². The number of nitrogens with zero attached hydrogens (tertiary/aromatic N) is 2. The number of likely N-dealkylation sites (N-methyl/N-ethyl adjacent to an activating group) is 1. The summed E-state index contributed by atoms with van der Waals surface area (Å²) in [4.78, 5) is 28.7. The van der Waals surface area contributed by atoms with Crippen molar-refractivity contribution in [1.29, 1.82) is 0 Å². The molecule has 0 atom stereocenters. The fraction of sp³-hybridized carbons (Fsp3) is 0.429. The Morgan fingerprint density at radius 1 is 1.07 bits per heavy atom. The average Bonchev–Trinajstić information content (AvgIpc) is 2.94. The summed E-state index contributed by atoms with van der Waals surface area (Å²) in [5.74, 6) is 0.833. The van der Waals surface area contributed by atoms with Gasteiger partial charge in [-0.15, -0.1) is 0 Å². The molecule has 0 bridgehead atoms. The van der Waals surface area contributed by atoms with Crippen LogP contribution in [0.15, 0.2) is 28.7 Å². The molecule has 2 amide bonds. The fourth-order valence-electron chi connectivity index (χ4n) is 3.36. The van der Waals surface area contributed by atoms with Gasteiger partial charge in [-0.3, -0.25) is 9.59 Å². The lowest BCUT2D eigenvalue weighted by Gasteiger charge is -2.28. The van der Waals surface area contributed by atoms with Gasteiger partial charge in [-0.25, -0.2) is 0 Å². The molecule has 0 saturated carbocycles. The summed E-state index contributed by atoms with van der Waals surface area (Å²) in [6.45, 7) is 8.59. The molecule has 1 aliphatic heterocycles. The van der Waals surface area contributed by atoms with Gasteiger partial charge in [0.2, 0.25) is 5.91 Å². The maximum atomic E-state index is 12.7. The maximum Gasteiger partial charge on any atom is 0.257 e. The molecule has 7 nitrogen and oxygen atoms in total. The molecule has 0 aliphatic carbocycles. The molecule has 0 spiro atoms. The van der Waals surface area contributed by atoms with Crippen molar-refractivity contribution < 1.29 is 18.7 Å². The first kappa shape index (κ1) is 19.9. The largest absolute Gasteiger partial charge is 0.466 e. The van der Waals surface area contributed by atoms with Gasteiger partial charge in [-0.05, 0) is 45.0 Å². The average molecular weight is 385 g/mol. The van der Waals surface area contributed by atoms with Gasteiger partial charge in [0, 0.05) is 37.1 Å². The number of carbonyl (C=O) groups excluding carboxylic acids is 2.